The normalized spacial score (nSPS) is 11.7. The minimum Gasteiger partial charge on any atom is -0.294 e. The summed E-state index contributed by atoms with van der Waals surface area (Å²) in [6, 6.07) is 4.08. The smallest absolute Gasteiger partial charge is 0.169 e. The summed E-state index contributed by atoms with van der Waals surface area (Å²) in [6.07, 6.45) is 1.19. The van der Waals surface area contributed by atoms with E-state index in [1.807, 2.05) is 37.6 Å². The molecule has 21 heavy (non-hydrogen) atoms. The van der Waals surface area contributed by atoms with Crippen LogP contribution >= 0.6 is 22.7 Å². The zero-order valence-corrected chi connectivity index (χ0v) is 15.5. The fourth-order valence-electron chi connectivity index (χ4n) is 1.83. The number of rotatable bonds is 2. The van der Waals surface area contributed by atoms with Crippen molar-refractivity contribution < 1.29 is 4.79 Å². The van der Waals surface area contributed by atoms with Gasteiger partial charge in [-0.15, -0.1) is 0 Å². The molecule has 3 heteroatoms. The van der Waals surface area contributed by atoms with Crippen molar-refractivity contribution in [2.45, 2.75) is 48.0 Å². The van der Waals surface area contributed by atoms with Gasteiger partial charge in [-0.3, -0.25) is 4.79 Å². The van der Waals surface area contributed by atoms with E-state index < -0.39 is 0 Å². The lowest BCUT2D eigenvalue weighted by Crippen LogP contribution is -2.19. The quantitative estimate of drug-likeness (QED) is 0.592. The van der Waals surface area contributed by atoms with Gasteiger partial charge in [-0.05, 0) is 45.7 Å². The van der Waals surface area contributed by atoms with E-state index in [2.05, 4.69) is 37.6 Å². The van der Waals surface area contributed by atoms with E-state index in [1.165, 1.54) is 12.0 Å². The van der Waals surface area contributed by atoms with Crippen molar-refractivity contribution in [1.82, 2.24) is 0 Å². The fraction of sp³-hybridized carbons (Fsp3) is 0.500. The molecule has 0 saturated heterocycles. The first-order valence-corrected chi connectivity index (χ1v) is 9.06. The second-order valence-corrected chi connectivity index (χ2v) is 9.02. The molecule has 2 heterocycles. The van der Waals surface area contributed by atoms with E-state index in [-0.39, 0.29) is 11.2 Å². The van der Waals surface area contributed by atoms with Gasteiger partial charge in [0.15, 0.2) is 5.78 Å². The Morgan fingerprint density at radius 3 is 1.90 bits per heavy atom. The van der Waals surface area contributed by atoms with Crippen LogP contribution in [0.4, 0.5) is 0 Å². The van der Waals surface area contributed by atoms with Crippen LogP contribution in [-0.4, -0.2) is 5.78 Å². The van der Waals surface area contributed by atoms with Crippen molar-refractivity contribution in [2.75, 3.05) is 0 Å². The van der Waals surface area contributed by atoms with Crippen molar-refractivity contribution >= 4 is 28.5 Å². The van der Waals surface area contributed by atoms with Gasteiger partial charge in [-0.25, -0.2) is 0 Å². The maximum Gasteiger partial charge on any atom is 0.169 e. The number of thiophene rings is 2. The molecule has 0 N–H and O–H groups in total. The Balaban J connectivity index is 0.000000211. The molecule has 0 amide bonds. The first-order valence-electron chi connectivity index (χ1n) is 7.18. The van der Waals surface area contributed by atoms with Gasteiger partial charge in [-0.2, -0.15) is 22.7 Å². The van der Waals surface area contributed by atoms with Gasteiger partial charge < -0.3 is 0 Å². The maximum absolute atomic E-state index is 11.5. The summed E-state index contributed by atoms with van der Waals surface area (Å²) in [7, 11) is 0. The molecule has 2 aromatic rings. The number of carbonyl (C=O) groups is 1. The summed E-state index contributed by atoms with van der Waals surface area (Å²) in [5.74, 6) is 0.221. The van der Waals surface area contributed by atoms with E-state index in [4.69, 9.17) is 0 Å². The molecule has 1 nitrogen and oxygen atoms in total. The molecule has 0 bridgehead atoms. The molecule has 116 valence electrons. The third kappa shape index (κ3) is 7.05. The molecular weight excluding hydrogens is 296 g/mol. The molecule has 0 aliphatic rings. The molecule has 0 fully saturated rings. The standard InChI is InChI=1S/C9H12OS.C9H14S/c1-9(2,3)8(10)7-4-5-11-6-7;1-9(2,3)6-8-4-5-10-7-8/h4-6H,1-3H3;4-5,7H,6H2,1-3H3. The topological polar surface area (TPSA) is 17.1 Å². The highest BCUT2D eigenvalue weighted by molar-refractivity contribution is 7.08. The monoisotopic (exact) mass is 322 g/mol. The summed E-state index contributed by atoms with van der Waals surface area (Å²) >= 11 is 3.34. The van der Waals surface area contributed by atoms with Crippen LogP contribution < -0.4 is 0 Å². The summed E-state index contributed by atoms with van der Waals surface area (Å²) in [4.78, 5) is 11.5. The lowest BCUT2D eigenvalue weighted by molar-refractivity contribution is 0.0859. The predicted molar refractivity (Wildman–Crippen MR) is 95.6 cm³/mol. The Kier molecular flexibility index (Phi) is 6.36. The first kappa shape index (κ1) is 18.1. The predicted octanol–water partition coefficient (Wildman–Crippen LogP) is 6.31. The van der Waals surface area contributed by atoms with Crippen LogP contribution in [0.5, 0.6) is 0 Å². The third-order valence-corrected chi connectivity index (χ3v) is 4.19. The number of ketones is 1. The largest absolute Gasteiger partial charge is 0.294 e. The zero-order chi connectivity index (χ0) is 16.1. The minimum atomic E-state index is -0.249. The third-order valence-electron chi connectivity index (χ3n) is 2.78. The summed E-state index contributed by atoms with van der Waals surface area (Å²) in [5, 5.41) is 8.19. The Morgan fingerprint density at radius 1 is 0.952 bits per heavy atom. The van der Waals surface area contributed by atoms with Crippen LogP contribution in [0.15, 0.2) is 33.7 Å². The molecule has 0 saturated carbocycles. The summed E-state index contributed by atoms with van der Waals surface area (Å²) in [6.45, 7) is 12.6. The second kappa shape index (κ2) is 7.37. The maximum atomic E-state index is 11.5. The second-order valence-electron chi connectivity index (χ2n) is 7.46. The SMILES string of the molecule is CC(C)(C)C(=O)c1ccsc1.CC(C)(C)Cc1ccsc1. The molecule has 0 aromatic carbocycles. The Morgan fingerprint density at radius 2 is 1.52 bits per heavy atom. The number of hydrogen-bond donors (Lipinski definition) is 0. The van der Waals surface area contributed by atoms with Gasteiger partial charge in [0.1, 0.15) is 0 Å². The number of carbonyl (C=O) groups excluding carboxylic acids is 1. The number of hydrogen-bond acceptors (Lipinski definition) is 3. The van der Waals surface area contributed by atoms with Crippen LogP contribution in [0.3, 0.4) is 0 Å². The van der Waals surface area contributed by atoms with Crippen LogP contribution in [-0.2, 0) is 6.42 Å². The average Bonchev–Trinajstić information content (AvgIpc) is 2.97. The lowest BCUT2D eigenvalue weighted by Gasteiger charge is -2.16. The van der Waals surface area contributed by atoms with E-state index in [9.17, 15) is 4.79 Å². The lowest BCUT2D eigenvalue weighted by atomic mass is 9.88. The van der Waals surface area contributed by atoms with E-state index >= 15 is 0 Å². The van der Waals surface area contributed by atoms with Crippen LogP contribution in [0, 0.1) is 10.8 Å². The highest BCUT2D eigenvalue weighted by Crippen LogP contribution is 2.22. The Labute approximate surface area is 137 Å². The van der Waals surface area contributed by atoms with Crippen molar-refractivity contribution in [3.05, 3.63) is 44.8 Å². The van der Waals surface area contributed by atoms with Crippen LogP contribution in [0.1, 0.15) is 57.5 Å². The molecule has 0 unspecified atom stereocenters. The average molecular weight is 323 g/mol. The zero-order valence-electron chi connectivity index (χ0n) is 13.9. The van der Waals surface area contributed by atoms with Gasteiger partial charge in [-0.1, -0.05) is 41.5 Å². The van der Waals surface area contributed by atoms with Crippen molar-refractivity contribution in [1.29, 1.82) is 0 Å². The van der Waals surface area contributed by atoms with Crippen molar-refractivity contribution in [2.24, 2.45) is 10.8 Å². The molecule has 0 radical (unpaired) electrons. The molecule has 2 aromatic heterocycles. The van der Waals surface area contributed by atoms with Crippen molar-refractivity contribution in [3.8, 4) is 0 Å². The number of Topliss-reactive ketones (excluding diaryl/α,β-unsaturated/α-hetero) is 1. The van der Waals surface area contributed by atoms with Crippen LogP contribution in [0.2, 0.25) is 0 Å². The molecule has 0 spiro atoms. The molecule has 2 rings (SSSR count). The van der Waals surface area contributed by atoms with Gasteiger partial charge in [0, 0.05) is 16.4 Å². The summed E-state index contributed by atoms with van der Waals surface area (Å²) < 4.78 is 0. The van der Waals surface area contributed by atoms with E-state index in [0.717, 1.165) is 5.56 Å². The van der Waals surface area contributed by atoms with Crippen LogP contribution in [0.25, 0.3) is 0 Å². The summed E-state index contributed by atoms with van der Waals surface area (Å²) in [5.41, 5.74) is 2.49. The van der Waals surface area contributed by atoms with Gasteiger partial charge in [0.2, 0.25) is 0 Å². The Bertz CT molecular complexity index is 523. The minimum absolute atomic E-state index is 0.221. The molecule has 0 aliphatic carbocycles. The van der Waals surface area contributed by atoms with Crippen molar-refractivity contribution in [3.63, 3.8) is 0 Å². The van der Waals surface area contributed by atoms with Gasteiger partial charge in [0.25, 0.3) is 0 Å². The molecular formula is C18H26OS2. The van der Waals surface area contributed by atoms with Gasteiger partial charge >= 0.3 is 0 Å². The highest BCUT2D eigenvalue weighted by Gasteiger charge is 2.22. The fourth-order valence-corrected chi connectivity index (χ4v) is 3.14. The highest BCUT2D eigenvalue weighted by atomic mass is 32.1. The molecule has 0 aliphatic heterocycles. The van der Waals surface area contributed by atoms with E-state index in [0.29, 0.717) is 5.41 Å². The van der Waals surface area contributed by atoms with E-state index in [1.54, 1.807) is 22.7 Å². The van der Waals surface area contributed by atoms with Gasteiger partial charge in [0.05, 0.1) is 0 Å². The molecule has 0 atom stereocenters. The Hall–Kier alpha value is -0.930. The first-order chi connectivity index (χ1) is 9.59.